The van der Waals surface area contributed by atoms with Crippen LogP contribution in [0.3, 0.4) is 0 Å². The van der Waals surface area contributed by atoms with Gasteiger partial charge in [0.2, 0.25) is 0 Å². The molecule has 0 amide bonds. The van der Waals surface area contributed by atoms with Crippen molar-refractivity contribution in [3.05, 3.63) is 35.9 Å². The lowest BCUT2D eigenvalue weighted by Crippen LogP contribution is -2.30. The van der Waals surface area contributed by atoms with E-state index in [0.29, 0.717) is 5.92 Å². The fraction of sp³-hybridized carbons (Fsp3) is 0.600. The van der Waals surface area contributed by atoms with Crippen LogP contribution in [0.1, 0.15) is 37.7 Å². The number of aliphatic hydroxyl groups is 1. The molecule has 1 aromatic carbocycles. The Labute approximate surface area is 104 Å². The zero-order chi connectivity index (χ0) is 12.1. The van der Waals surface area contributed by atoms with Crippen LogP contribution < -0.4 is 0 Å². The molecule has 0 aliphatic carbocycles. The molecule has 0 radical (unpaired) electrons. The van der Waals surface area contributed by atoms with Gasteiger partial charge in [-0.25, -0.2) is 0 Å². The predicted octanol–water partition coefficient (Wildman–Crippen LogP) is 2.64. The predicted molar refractivity (Wildman–Crippen MR) is 71.2 cm³/mol. The zero-order valence-electron chi connectivity index (χ0n) is 10.7. The van der Waals surface area contributed by atoms with E-state index >= 15 is 0 Å². The number of benzene rings is 1. The zero-order valence-corrected chi connectivity index (χ0v) is 10.7. The smallest absolute Gasteiger partial charge is 0.0667 e. The van der Waals surface area contributed by atoms with Crippen molar-refractivity contribution >= 4 is 0 Å². The summed E-state index contributed by atoms with van der Waals surface area (Å²) in [6.45, 7) is 5.20. The van der Waals surface area contributed by atoms with Crippen LogP contribution in [0.2, 0.25) is 0 Å². The Bertz CT molecular complexity index is 325. The fourth-order valence-corrected chi connectivity index (χ4v) is 2.72. The lowest BCUT2D eigenvalue weighted by molar-refractivity contribution is 0.116. The van der Waals surface area contributed by atoms with Gasteiger partial charge in [-0.15, -0.1) is 0 Å². The van der Waals surface area contributed by atoms with Gasteiger partial charge in [-0.3, -0.25) is 0 Å². The SMILES string of the molecule is CCCC(O)CN1CCC(c2ccccc2)C1. The molecule has 1 saturated heterocycles. The highest BCUT2D eigenvalue weighted by atomic mass is 16.3. The van der Waals surface area contributed by atoms with Crippen LogP contribution in [0.4, 0.5) is 0 Å². The van der Waals surface area contributed by atoms with Gasteiger partial charge in [0, 0.05) is 13.1 Å². The van der Waals surface area contributed by atoms with Crippen molar-refractivity contribution in [3.8, 4) is 0 Å². The Hall–Kier alpha value is -0.860. The Morgan fingerprint density at radius 3 is 2.82 bits per heavy atom. The first-order valence-electron chi connectivity index (χ1n) is 6.75. The van der Waals surface area contributed by atoms with Gasteiger partial charge in [-0.1, -0.05) is 43.7 Å². The Kier molecular flexibility index (Phi) is 4.57. The summed E-state index contributed by atoms with van der Waals surface area (Å²) < 4.78 is 0. The Morgan fingerprint density at radius 2 is 2.12 bits per heavy atom. The maximum atomic E-state index is 9.82. The summed E-state index contributed by atoms with van der Waals surface area (Å²) >= 11 is 0. The molecule has 0 aromatic heterocycles. The maximum Gasteiger partial charge on any atom is 0.0667 e. The van der Waals surface area contributed by atoms with Gasteiger partial charge in [0.1, 0.15) is 0 Å². The van der Waals surface area contributed by atoms with Gasteiger partial charge in [-0.05, 0) is 30.9 Å². The average molecular weight is 233 g/mol. The van der Waals surface area contributed by atoms with Gasteiger partial charge in [0.05, 0.1) is 6.10 Å². The van der Waals surface area contributed by atoms with Crippen LogP contribution in [0, 0.1) is 0 Å². The largest absolute Gasteiger partial charge is 0.392 e. The molecular weight excluding hydrogens is 210 g/mol. The lowest BCUT2D eigenvalue weighted by atomic mass is 9.99. The third-order valence-corrected chi connectivity index (χ3v) is 3.63. The molecule has 0 spiro atoms. The molecule has 2 rings (SSSR count). The molecular formula is C15H23NO. The molecule has 1 heterocycles. The van der Waals surface area contributed by atoms with Crippen LogP contribution in [0.25, 0.3) is 0 Å². The maximum absolute atomic E-state index is 9.82. The summed E-state index contributed by atoms with van der Waals surface area (Å²) in [6.07, 6.45) is 3.07. The molecule has 1 N–H and O–H groups in total. The number of β-amino-alcohol motifs (C(OH)–C–C–N with tert-alkyl or cyclic N) is 1. The second-order valence-electron chi connectivity index (χ2n) is 5.10. The van der Waals surface area contributed by atoms with E-state index in [9.17, 15) is 5.11 Å². The van der Waals surface area contributed by atoms with Crippen molar-refractivity contribution in [3.63, 3.8) is 0 Å². The van der Waals surface area contributed by atoms with Crippen molar-refractivity contribution in [2.75, 3.05) is 19.6 Å². The quantitative estimate of drug-likeness (QED) is 0.845. The van der Waals surface area contributed by atoms with Crippen molar-refractivity contribution in [2.24, 2.45) is 0 Å². The second-order valence-corrected chi connectivity index (χ2v) is 5.10. The van der Waals surface area contributed by atoms with Gasteiger partial charge in [-0.2, -0.15) is 0 Å². The first kappa shape index (κ1) is 12.6. The van der Waals surface area contributed by atoms with Crippen molar-refractivity contribution < 1.29 is 5.11 Å². The van der Waals surface area contributed by atoms with Gasteiger partial charge < -0.3 is 10.0 Å². The topological polar surface area (TPSA) is 23.5 Å². The minimum absolute atomic E-state index is 0.144. The molecule has 2 atom stereocenters. The normalized spacial score (nSPS) is 22.8. The second kappa shape index (κ2) is 6.18. The van der Waals surface area contributed by atoms with Crippen molar-refractivity contribution in [1.82, 2.24) is 4.90 Å². The third kappa shape index (κ3) is 3.55. The molecule has 0 bridgehead atoms. The number of nitrogens with zero attached hydrogens (tertiary/aromatic N) is 1. The Balaban J connectivity index is 1.83. The summed E-state index contributed by atoms with van der Waals surface area (Å²) in [5.74, 6) is 0.657. The van der Waals surface area contributed by atoms with Gasteiger partial charge in [0.25, 0.3) is 0 Å². The summed E-state index contributed by atoms with van der Waals surface area (Å²) in [6, 6.07) is 10.7. The molecule has 2 nitrogen and oxygen atoms in total. The lowest BCUT2D eigenvalue weighted by Gasteiger charge is -2.19. The van der Waals surface area contributed by atoms with Gasteiger partial charge >= 0.3 is 0 Å². The standard InChI is InChI=1S/C15H23NO/c1-2-6-15(17)12-16-10-9-14(11-16)13-7-4-3-5-8-13/h3-5,7-8,14-15,17H,2,6,9-12H2,1H3. The van der Waals surface area contributed by atoms with Crippen LogP contribution in [0.5, 0.6) is 0 Å². The van der Waals surface area contributed by atoms with Crippen molar-refractivity contribution in [2.45, 2.75) is 38.2 Å². The first-order valence-corrected chi connectivity index (χ1v) is 6.75. The number of rotatable bonds is 5. The number of hydrogen-bond donors (Lipinski definition) is 1. The van der Waals surface area contributed by atoms with Crippen LogP contribution >= 0.6 is 0 Å². The van der Waals surface area contributed by atoms with E-state index in [0.717, 1.165) is 32.5 Å². The summed E-state index contributed by atoms with van der Waals surface area (Å²) in [4.78, 5) is 2.40. The van der Waals surface area contributed by atoms with E-state index in [2.05, 4.69) is 42.2 Å². The van der Waals surface area contributed by atoms with E-state index in [1.165, 1.54) is 12.0 Å². The third-order valence-electron chi connectivity index (χ3n) is 3.63. The van der Waals surface area contributed by atoms with Crippen LogP contribution in [-0.2, 0) is 0 Å². The molecule has 17 heavy (non-hydrogen) atoms. The van der Waals surface area contributed by atoms with Crippen LogP contribution in [-0.4, -0.2) is 35.7 Å². The molecule has 1 aliphatic heterocycles. The molecule has 1 fully saturated rings. The van der Waals surface area contributed by atoms with Crippen molar-refractivity contribution in [1.29, 1.82) is 0 Å². The van der Waals surface area contributed by atoms with Crippen LogP contribution in [0.15, 0.2) is 30.3 Å². The van der Waals surface area contributed by atoms with E-state index < -0.39 is 0 Å². The summed E-state index contributed by atoms with van der Waals surface area (Å²) in [5.41, 5.74) is 1.44. The molecule has 2 unspecified atom stereocenters. The minimum atomic E-state index is -0.144. The number of likely N-dealkylation sites (tertiary alicyclic amines) is 1. The molecule has 1 aliphatic rings. The Morgan fingerprint density at radius 1 is 1.35 bits per heavy atom. The monoisotopic (exact) mass is 233 g/mol. The van der Waals surface area contributed by atoms with E-state index in [1.54, 1.807) is 0 Å². The first-order chi connectivity index (χ1) is 8.29. The number of aliphatic hydroxyl groups excluding tert-OH is 1. The molecule has 1 aromatic rings. The molecule has 94 valence electrons. The summed E-state index contributed by atoms with van der Waals surface area (Å²) in [5, 5.41) is 9.82. The highest BCUT2D eigenvalue weighted by Gasteiger charge is 2.24. The average Bonchev–Trinajstić information content (AvgIpc) is 2.79. The molecule has 0 saturated carbocycles. The molecule has 2 heteroatoms. The summed E-state index contributed by atoms with van der Waals surface area (Å²) in [7, 11) is 0. The van der Waals surface area contributed by atoms with E-state index in [1.807, 2.05) is 0 Å². The van der Waals surface area contributed by atoms with E-state index in [-0.39, 0.29) is 6.10 Å². The highest BCUT2D eigenvalue weighted by molar-refractivity contribution is 5.20. The highest BCUT2D eigenvalue weighted by Crippen LogP contribution is 2.26. The number of hydrogen-bond acceptors (Lipinski definition) is 2. The van der Waals surface area contributed by atoms with Gasteiger partial charge in [0.15, 0.2) is 0 Å². The fourth-order valence-electron chi connectivity index (χ4n) is 2.72. The van der Waals surface area contributed by atoms with E-state index in [4.69, 9.17) is 0 Å². The minimum Gasteiger partial charge on any atom is -0.392 e.